The zero-order chi connectivity index (χ0) is 21.3. The second-order valence-electron chi connectivity index (χ2n) is 8.26. The number of ether oxygens (including phenoxy) is 1. The molecule has 160 valence electrons. The van der Waals surface area contributed by atoms with Crippen LogP contribution in [0.5, 0.6) is 0 Å². The number of aliphatic hydroxyl groups is 2. The summed E-state index contributed by atoms with van der Waals surface area (Å²) in [5.74, 6) is 1.17. The highest BCUT2D eigenvalue weighted by atomic mass is 16.7. The molecule has 8 nitrogen and oxygen atoms in total. The highest BCUT2D eigenvalue weighted by Gasteiger charge is 2.23. The van der Waals surface area contributed by atoms with E-state index in [4.69, 9.17) is 14.9 Å². The molecule has 1 aromatic carbocycles. The summed E-state index contributed by atoms with van der Waals surface area (Å²) in [5.41, 5.74) is 4.11. The Bertz CT molecular complexity index is 1010. The first-order chi connectivity index (χ1) is 14.4. The summed E-state index contributed by atoms with van der Waals surface area (Å²) in [5, 5.41) is 27.2. The largest absolute Gasteiger partial charge is 0.367 e. The number of benzene rings is 1. The molecule has 2 aromatic heterocycles. The number of nitrogens with one attached hydrogen (secondary N) is 1. The van der Waals surface area contributed by atoms with Gasteiger partial charge < -0.3 is 20.3 Å². The van der Waals surface area contributed by atoms with E-state index in [9.17, 15) is 0 Å². The Balaban J connectivity index is 1.51. The fourth-order valence-corrected chi connectivity index (χ4v) is 4.38. The molecular formula is C22H29N5O3. The van der Waals surface area contributed by atoms with Crippen molar-refractivity contribution in [1.82, 2.24) is 19.7 Å². The molecule has 30 heavy (non-hydrogen) atoms. The van der Waals surface area contributed by atoms with Crippen LogP contribution < -0.4 is 5.32 Å². The van der Waals surface area contributed by atoms with Crippen LogP contribution in [0.25, 0.3) is 22.2 Å². The summed E-state index contributed by atoms with van der Waals surface area (Å²) in [6.07, 6.45) is 4.81. The fraction of sp³-hybridized carbons (Fsp3) is 0.500. The fourth-order valence-electron chi connectivity index (χ4n) is 4.38. The highest BCUT2D eigenvalue weighted by Crippen LogP contribution is 2.30. The lowest BCUT2D eigenvalue weighted by Crippen LogP contribution is -2.32. The molecule has 1 aliphatic rings. The van der Waals surface area contributed by atoms with Crippen LogP contribution in [0.3, 0.4) is 0 Å². The third-order valence-electron chi connectivity index (χ3n) is 5.73. The highest BCUT2D eigenvalue weighted by molar-refractivity contribution is 5.86. The van der Waals surface area contributed by atoms with Crippen molar-refractivity contribution in [2.24, 2.45) is 7.05 Å². The first kappa shape index (κ1) is 20.7. The molecule has 0 atom stereocenters. The number of aryl methyl sites for hydroxylation is 1. The molecule has 0 radical (unpaired) electrons. The van der Waals surface area contributed by atoms with Gasteiger partial charge in [0.1, 0.15) is 12.1 Å². The molecule has 4 rings (SSSR count). The van der Waals surface area contributed by atoms with Crippen molar-refractivity contribution in [3.63, 3.8) is 0 Å². The summed E-state index contributed by atoms with van der Waals surface area (Å²) < 4.78 is 7.04. The Morgan fingerprint density at radius 1 is 1.10 bits per heavy atom. The van der Waals surface area contributed by atoms with Gasteiger partial charge in [-0.25, -0.2) is 9.97 Å². The second kappa shape index (κ2) is 8.67. The summed E-state index contributed by atoms with van der Waals surface area (Å²) in [7, 11) is 1.99. The number of aliphatic hydroxyl groups excluding tert-OH is 1. The van der Waals surface area contributed by atoms with Crippen LogP contribution in [-0.4, -0.2) is 48.6 Å². The standard InChI is InChI=1S/C22H29N5O3/c1-13(2)21-17-10-14(4-9-18(17)26-27(21)3)19-11-20(24-12-23-19)25-15-5-7-16(8-6-15)30-22(28)29/h4,9-13,15-16,22,28-29H,5-8H2,1-3H3,(H,23,24,25). The van der Waals surface area contributed by atoms with Crippen LogP contribution in [0.1, 0.15) is 51.1 Å². The molecule has 0 amide bonds. The van der Waals surface area contributed by atoms with E-state index >= 15 is 0 Å². The average Bonchev–Trinajstić information content (AvgIpc) is 3.04. The van der Waals surface area contributed by atoms with Gasteiger partial charge >= 0.3 is 0 Å². The van der Waals surface area contributed by atoms with Crippen LogP contribution >= 0.6 is 0 Å². The number of anilines is 1. The molecule has 1 aliphatic carbocycles. The van der Waals surface area contributed by atoms with Crippen molar-refractivity contribution < 1.29 is 14.9 Å². The summed E-state index contributed by atoms with van der Waals surface area (Å²) in [6, 6.07) is 8.51. The number of aromatic nitrogens is 4. The van der Waals surface area contributed by atoms with E-state index < -0.39 is 6.48 Å². The quantitative estimate of drug-likeness (QED) is 0.535. The molecule has 2 heterocycles. The third kappa shape index (κ3) is 4.45. The average molecular weight is 412 g/mol. The minimum atomic E-state index is -1.70. The predicted octanol–water partition coefficient (Wildman–Crippen LogP) is 3.16. The van der Waals surface area contributed by atoms with Crippen LogP contribution in [0.2, 0.25) is 0 Å². The number of rotatable bonds is 6. The van der Waals surface area contributed by atoms with Gasteiger partial charge in [-0.2, -0.15) is 5.10 Å². The lowest BCUT2D eigenvalue weighted by molar-refractivity contribution is -0.259. The Kier molecular flexibility index (Phi) is 5.99. The Morgan fingerprint density at radius 2 is 1.87 bits per heavy atom. The molecule has 0 saturated heterocycles. The number of hydrogen-bond acceptors (Lipinski definition) is 7. The van der Waals surface area contributed by atoms with E-state index in [1.165, 1.54) is 5.69 Å². The van der Waals surface area contributed by atoms with Crippen molar-refractivity contribution in [3.8, 4) is 11.3 Å². The lowest BCUT2D eigenvalue weighted by atomic mass is 9.93. The molecule has 3 N–H and O–H groups in total. The maximum absolute atomic E-state index is 8.95. The van der Waals surface area contributed by atoms with E-state index in [1.807, 2.05) is 29.9 Å². The van der Waals surface area contributed by atoms with E-state index in [-0.39, 0.29) is 12.1 Å². The maximum atomic E-state index is 8.95. The van der Waals surface area contributed by atoms with Gasteiger partial charge in [0.05, 0.1) is 17.3 Å². The second-order valence-corrected chi connectivity index (χ2v) is 8.26. The van der Waals surface area contributed by atoms with Crippen LogP contribution in [0.15, 0.2) is 30.6 Å². The first-order valence-corrected chi connectivity index (χ1v) is 10.5. The van der Waals surface area contributed by atoms with Crippen molar-refractivity contribution in [1.29, 1.82) is 0 Å². The van der Waals surface area contributed by atoms with Crippen LogP contribution in [-0.2, 0) is 11.8 Å². The molecule has 0 unspecified atom stereocenters. The van der Waals surface area contributed by atoms with Gasteiger partial charge in [0.25, 0.3) is 6.48 Å². The molecule has 1 fully saturated rings. The van der Waals surface area contributed by atoms with E-state index in [0.29, 0.717) is 5.92 Å². The minimum Gasteiger partial charge on any atom is -0.367 e. The molecule has 0 bridgehead atoms. The zero-order valence-electron chi connectivity index (χ0n) is 17.6. The van der Waals surface area contributed by atoms with Crippen LogP contribution in [0, 0.1) is 0 Å². The number of hydrogen-bond donors (Lipinski definition) is 3. The van der Waals surface area contributed by atoms with E-state index in [2.05, 4.69) is 40.3 Å². The van der Waals surface area contributed by atoms with Crippen molar-refractivity contribution in [2.45, 2.75) is 64.1 Å². The van der Waals surface area contributed by atoms with Gasteiger partial charge in [0, 0.05) is 35.8 Å². The molecule has 0 spiro atoms. The molecule has 8 heteroatoms. The van der Waals surface area contributed by atoms with Crippen molar-refractivity contribution >= 4 is 16.7 Å². The third-order valence-corrected chi connectivity index (χ3v) is 5.73. The number of fused-ring (bicyclic) bond motifs is 1. The molecule has 3 aromatic rings. The number of nitrogens with zero attached hydrogens (tertiary/aromatic N) is 4. The molecule has 0 aliphatic heterocycles. The van der Waals surface area contributed by atoms with Gasteiger partial charge in [0.15, 0.2) is 0 Å². The van der Waals surface area contributed by atoms with Crippen molar-refractivity contribution in [3.05, 3.63) is 36.3 Å². The first-order valence-electron chi connectivity index (χ1n) is 10.5. The Hall–Kier alpha value is -2.55. The molecular weight excluding hydrogens is 382 g/mol. The van der Waals surface area contributed by atoms with Gasteiger partial charge in [0.2, 0.25) is 0 Å². The summed E-state index contributed by atoms with van der Waals surface area (Å²) in [4.78, 5) is 8.87. The molecule has 1 saturated carbocycles. The summed E-state index contributed by atoms with van der Waals surface area (Å²) in [6.45, 7) is 2.66. The van der Waals surface area contributed by atoms with Crippen molar-refractivity contribution in [2.75, 3.05) is 5.32 Å². The SMILES string of the molecule is CC(C)c1c2cc(-c3cc(NC4CCC(OC(O)O)CC4)ncn3)ccc2nn1C. The van der Waals surface area contributed by atoms with E-state index in [1.54, 1.807) is 6.33 Å². The smallest absolute Gasteiger partial charge is 0.266 e. The monoisotopic (exact) mass is 411 g/mol. The van der Waals surface area contributed by atoms with Gasteiger partial charge in [-0.1, -0.05) is 19.9 Å². The van der Waals surface area contributed by atoms with Gasteiger partial charge in [-0.3, -0.25) is 4.68 Å². The minimum absolute atomic E-state index is 0.106. The Morgan fingerprint density at radius 3 is 2.57 bits per heavy atom. The predicted molar refractivity (Wildman–Crippen MR) is 115 cm³/mol. The topological polar surface area (TPSA) is 105 Å². The lowest BCUT2D eigenvalue weighted by Gasteiger charge is -2.29. The summed E-state index contributed by atoms with van der Waals surface area (Å²) >= 11 is 0. The Labute approximate surface area is 175 Å². The zero-order valence-corrected chi connectivity index (χ0v) is 17.6. The van der Waals surface area contributed by atoms with Crippen LogP contribution in [0.4, 0.5) is 5.82 Å². The van der Waals surface area contributed by atoms with Gasteiger partial charge in [-0.05, 0) is 43.7 Å². The van der Waals surface area contributed by atoms with Gasteiger partial charge in [-0.15, -0.1) is 0 Å². The maximum Gasteiger partial charge on any atom is 0.266 e. The normalized spacial score (nSPS) is 19.7. The van der Waals surface area contributed by atoms with E-state index in [0.717, 1.165) is 53.7 Å².